The molecular weight excluding hydrogens is 1100 g/mol. The quantitative estimate of drug-likeness (QED) is 0.127. The van der Waals surface area contributed by atoms with Gasteiger partial charge < -0.3 is 0 Å². The highest BCUT2D eigenvalue weighted by Gasteiger charge is 2.23. The Hall–Kier alpha value is -11.9. The molecule has 424 valence electrons. The zero-order chi connectivity index (χ0) is 60.1. The van der Waals surface area contributed by atoms with Gasteiger partial charge in [0.25, 0.3) is 0 Å². The predicted molar refractivity (Wildman–Crippen MR) is 378 cm³/mol. The lowest BCUT2D eigenvalue weighted by Gasteiger charge is -2.19. The Morgan fingerprint density at radius 3 is 1.24 bits per heavy atom. The van der Waals surface area contributed by atoms with Crippen LogP contribution in [-0.4, -0.2) is 29.9 Å². The molecule has 1 unspecified atom stereocenters. The van der Waals surface area contributed by atoms with Crippen LogP contribution in [0.1, 0.15) is 19.0 Å². The van der Waals surface area contributed by atoms with Gasteiger partial charge in [-0.1, -0.05) is 274 Å². The van der Waals surface area contributed by atoms with E-state index in [1.165, 1.54) is 64.6 Å². The summed E-state index contributed by atoms with van der Waals surface area (Å²) in [6, 6.07) is 97.8. The largest absolute Gasteiger partial charge is 0.228 e. The second-order valence-electron chi connectivity index (χ2n) is 24.2. The molecule has 0 fully saturated rings. The number of aromatic nitrogens is 6. The molecular formula is C85H54N6. The minimum atomic E-state index is 0.476. The van der Waals surface area contributed by atoms with E-state index in [0.29, 0.717) is 23.4 Å². The summed E-state index contributed by atoms with van der Waals surface area (Å²) in [5.74, 6) is 2.44. The van der Waals surface area contributed by atoms with E-state index in [9.17, 15) is 0 Å². The van der Waals surface area contributed by atoms with Crippen LogP contribution in [0.15, 0.2) is 291 Å². The van der Waals surface area contributed by atoms with Gasteiger partial charge in [-0.25, -0.2) is 29.9 Å². The Bertz CT molecular complexity index is 5690. The number of benzene rings is 14. The van der Waals surface area contributed by atoms with Crippen LogP contribution in [0.5, 0.6) is 0 Å². The van der Waals surface area contributed by atoms with E-state index in [1.54, 1.807) is 0 Å². The van der Waals surface area contributed by atoms with E-state index in [4.69, 9.17) is 29.9 Å². The molecule has 0 saturated heterocycles. The van der Waals surface area contributed by atoms with Gasteiger partial charge in [0.2, 0.25) is 0 Å². The zero-order valence-corrected chi connectivity index (χ0v) is 49.7. The van der Waals surface area contributed by atoms with E-state index >= 15 is 0 Å². The molecule has 1 atom stereocenters. The molecule has 1 aliphatic rings. The Balaban J connectivity index is 0.871. The molecule has 0 N–H and O–H groups in total. The van der Waals surface area contributed by atoms with E-state index in [1.807, 2.05) is 54.6 Å². The van der Waals surface area contributed by atoms with Crippen LogP contribution < -0.4 is 0 Å². The van der Waals surface area contributed by atoms with Gasteiger partial charge in [-0.05, 0) is 124 Å². The van der Waals surface area contributed by atoms with Gasteiger partial charge in [-0.2, -0.15) is 0 Å². The van der Waals surface area contributed by atoms with Crippen molar-refractivity contribution < 1.29 is 0 Å². The van der Waals surface area contributed by atoms with Gasteiger partial charge in [0.15, 0.2) is 17.5 Å². The minimum absolute atomic E-state index is 0.476. The van der Waals surface area contributed by atoms with Crippen LogP contribution in [0.4, 0.5) is 0 Å². The van der Waals surface area contributed by atoms with Crippen molar-refractivity contribution in [2.45, 2.75) is 13.3 Å². The van der Waals surface area contributed by atoms with Crippen molar-refractivity contribution >= 4 is 81.1 Å². The van der Waals surface area contributed by atoms with Gasteiger partial charge in [-0.3, -0.25) is 0 Å². The van der Waals surface area contributed by atoms with E-state index in [2.05, 4.69) is 244 Å². The van der Waals surface area contributed by atoms with E-state index < -0.39 is 0 Å². The first-order chi connectivity index (χ1) is 45.0. The first kappa shape index (κ1) is 52.3. The normalized spacial score (nSPS) is 13.4. The summed E-state index contributed by atoms with van der Waals surface area (Å²) in [5.41, 5.74) is 17.3. The molecule has 14 aromatic carbocycles. The van der Waals surface area contributed by atoms with Gasteiger partial charge >= 0.3 is 0 Å². The van der Waals surface area contributed by atoms with E-state index in [-0.39, 0.29) is 0 Å². The fourth-order valence-electron chi connectivity index (χ4n) is 13.9. The van der Waals surface area contributed by atoms with Crippen LogP contribution in [0.25, 0.3) is 183 Å². The zero-order valence-electron chi connectivity index (χ0n) is 49.7. The third-order valence-corrected chi connectivity index (χ3v) is 18.5. The lowest BCUT2D eigenvalue weighted by atomic mass is 9.86. The molecule has 6 nitrogen and oxygen atoms in total. The summed E-state index contributed by atoms with van der Waals surface area (Å²) in [6.45, 7) is 2.25. The predicted octanol–water partition coefficient (Wildman–Crippen LogP) is 22.0. The second kappa shape index (κ2) is 21.2. The first-order valence-corrected chi connectivity index (χ1v) is 31.2. The maximum absolute atomic E-state index is 5.79. The van der Waals surface area contributed by atoms with E-state index in [0.717, 1.165) is 113 Å². The fourth-order valence-corrected chi connectivity index (χ4v) is 13.9. The summed E-state index contributed by atoms with van der Waals surface area (Å²) in [7, 11) is 0. The monoisotopic (exact) mass is 1160 g/mol. The summed E-state index contributed by atoms with van der Waals surface area (Å²) in [4.78, 5) is 32.2. The Morgan fingerprint density at radius 1 is 0.286 bits per heavy atom. The third kappa shape index (κ3) is 9.02. The van der Waals surface area contributed by atoms with Crippen molar-refractivity contribution in [2.75, 3.05) is 0 Å². The Labute approximate surface area is 525 Å². The van der Waals surface area contributed by atoms with Crippen LogP contribution in [0.3, 0.4) is 0 Å². The highest BCUT2D eigenvalue weighted by molar-refractivity contribution is 6.28. The molecule has 3 aromatic heterocycles. The summed E-state index contributed by atoms with van der Waals surface area (Å²) in [5, 5.41) is 15.7. The van der Waals surface area contributed by atoms with Crippen molar-refractivity contribution in [1.29, 1.82) is 0 Å². The maximum Gasteiger partial charge on any atom is 0.160 e. The molecule has 1 aliphatic carbocycles. The molecule has 0 spiro atoms. The van der Waals surface area contributed by atoms with Crippen LogP contribution in [0, 0.1) is 5.92 Å². The molecule has 0 amide bonds. The van der Waals surface area contributed by atoms with Crippen molar-refractivity contribution in [3.05, 3.63) is 297 Å². The molecule has 0 saturated carbocycles. The van der Waals surface area contributed by atoms with Crippen molar-refractivity contribution in [1.82, 2.24) is 29.9 Å². The van der Waals surface area contributed by atoms with Crippen molar-refractivity contribution in [2.24, 2.45) is 5.92 Å². The van der Waals surface area contributed by atoms with Crippen LogP contribution in [-0.2, 0) is 0 Å². The molecule has 3 heterocycles. The highest BCUT2D eigenvalue weighted by Crippen LogP contribution is 2.47. The topological polar surface area (TPSA) is 77.3 Å². The smallest absolute Gasteiger partial charge is 0.160 e. The lowest BCUT2D eigenvalue weighted by molar-refractivity contribution is 0.738. The highest BCUT2D eigenvalue weighted by atomic mass is 14.9. The molecule has 91 heavy (non-hydrogen) atoms. The van der Waals surface area contributed by atoms with Gasteiger partial charge in [0.1, 0.15) is 0 Å². The number of hydrogen-bond acceptors (Lipinski definition) is 6. The average Bonchev–Trinajstić information content (AvgIpc) is 0.786. The molecule has 0 bridgehead atoms. The molecule has 17 aromatic rings. The fraction of sp³-hybridized carbons (Fsp3) is 0.0353. The second-order valence-corrected chi connectivity index (χ2v) is 24.2. The molecule has 18 rings (SSSR count). The number of allylic oxidation sites excluding steroid dienone is 4. The number of nitrogens with zero attached hydrogens (tertiary/aromatic N) is 6. The number of fused-ring (bicyclic) bond motifs is 1. The Kier molecular flexibility index (Phi) is 12.2. The van der Waals surface area contributed by atoms with Gasteiger partial charge in [0.05, 0.1) is 34.0 Å². The van der Waals surface area contributed by atoms with Crippen LogP contribution in [0.2, 0.25) is 0 Å². The summed E-state index contributed by atoms with van der Waals surface area (Å²) >= 11 is 0. The molecule has 0 aliphatic heterocycles. The van der Waals surface area contributed by atoms with Crippen molar-refractivity contribution in [3.8, 4) is 101 Å². The van der Waals surface area contributed by atoms with Gasteiger partial charge in [0, 0.05) is 49.9 Å². The Morgan fingerprint density at radius 2 is 0.703 bits per heavy atom. The molecule has 6 heteroatoms. The summed E-state index contributed by atoms with van der Waals surface area (Å²) in [6.07, 6.45) is 7.74. The molecule has 0 radical (unpaired) electrons. The third-order valence-electron chi connectivity index (χ3n) is 18.5. The average molecular weight is 1160 g/mol. The standard InChI is InChI=1S/C85H54N6/c1-51-23-25-53(26-24-51)74-50-76(89-84(87-74)64-17-9-4-10-18-64)54-27-35-62(36-28-54)81-72-48-66(67-43-39-60-33-31-56-19-11-21-58-41-45-69(67)79(60)77(56)58)47-71(68-44-40-61-34-32-57-20-12-22-59-42-46-70(68)80(61)78(57)59)82(72)91-85(90-81)65-37-29-55(30-38-65)75-49-73(52-13-5-2-6-14-52)86-83(88-75)63-15-7-3-8-16-63/h2-23,25-51H,24H2,1H3. The first-order valence-electron chi connectivity index (χ1n) is 31.2. The lowest BCUT2D eigenvalue weighted by Crippen LogP contribution is -2.01. The summed E-state index contributed by atoms with van der Waals surface area (Å²) < 4.78 is 0. The van der Waals surface area contributed by atoms with Crippen molar-refractivity contribution in [3.63, 3.8) is 0 Å². The SMILES string of the molecule is CC1C=CC(c2cc(-c3ccc(-c4nc(-c5ccc(-c6cc(-c7ccccc7)nc(-c7ccccc7)n6)cc5)nc5c(-c6ccc7ccc8cccc9ccc6c7c89)cc(-c6ccc7ccc8cccc9ccc6c7c89)cc45)cc3)nc(-c3ccccc3)n2)=CC1. The minimum Gasteiger partial charge on any atom is -0.228 e. The van der Waals surface area contributed by atoms with Crippen LogP contribution >= 0.6 is 0 Å². The van der Waals surface area contributed by atoms with Gasteiger partial charge in [-0.15, -0.1) is 0 Å². The maximum atomic E-state index is 5.79. The number of rotatable bonds is 10. The number of hydrogen-bond donors (Lipinski definition) is 0.